The number of benzene rings is 1. The highest BCUT2D eigenvalue weighted by Gasteiger charge is 2.31. The van der Waals surface area contributed by atoms with Crippen LogP contribution in [0, 0.1) is 5.92 Å². The van der Waals surface area contributed by atoms with Gasteiger partial charge in [-0.05, 0) is 25.5 Å². The van der Waals surface area contributed by atoms with E-state index < -0.39 is 16.1 Å². The van der Waals surface area contributed by atoms with Crippen molar-refractivity contribution in [1.29, 1.82) is 0 Å². The summed E-state index contributed by atoms with van der Waals surface area (Å²) in [5.41, 5.74) is 0.773. The average Bonchev–Trinajstić information content (AvgIpc) is 3.26. The molecule has 2 aromatic rings. The average molecular weight is 480 g/mol. The molecular formula is C22H33N5O5S. The highest BCUT2D eigenvalue weighted by atomic mass is 32.2. The van der Waals surface area contributed by atoms with E-state index in [0.29, 0.717) is 25.9 Å². The zero-order chi connectivity index (χ0) is 24.0. The molecular weight excluding hydrogens is 446 g/mol. The van der Waals surface area contributed by atoms with Crippen LogP contribution in [0.1, 0.15) is 32.4 Å². The summed E-state index contributed by atoms with van der Waals surface area (Å²) in [6.07, 6.45) is 2.04. The molecule has 0 saturated heterocycles. The van der Waals surface area contributed by atoms with E-state index in [1.165, 1.54) is 11.4 Å². The third kappa shape index (κ3) is 6.17. The van der Waals surface area contributed by atoms with Crippen molar-refractivity contribution in [2.45, 2.75) is 56.9 Å². The van der Waals surface area contributed by atoms with E-state index in [4.69, 9.17) is 4.74 Å². The Morgan fingerprint density at radius 1 is 1.30 bits per heavy atom. The van der Waals surface area contributed by atoms with Crippen LogP contribution in [-0.2, 0) is 32.7 Å². The number of amides is 1. The molecule has 33 heavy (non-hydrogen) atoms. The van der Waals surface area contributed by atoms with Gasteiger partial charge in [-0.25, -0.2) is 13.1 Å². The summed E-state index contributed by atoms with van der Waals surface area (Å²) in [5, 5.41) is 17.7. The molecule has 3 atom stereocenters. The first-order valence-corrected chi connectivity index (χ1v) is 12.6. The topological polar surface area (TPSA) is 118 Å². The molecule has 0 spiro atoms. The predicted octanol–water partition coefficient (Wildman–Crippen LogP) is 1.12. The first-order valence-electron chi connectivity index (χ1n) is 11.1. The summed E-state index contributed by atoms with van der Waals surface area (Å²) in [5.74, 6) is -0.255. The molecule has 10 nitrogen and oxygen atoms in total. The highest BCUT2D eigenvalue weighted by molar-refractivity contribution is 7.89. The lowest BCUT2D eigenvalue weighted by Gasteiger charge is -2.35. The van der Waals surface area contributed by atoms with Crippen LogP contribution in [0.15, 0.2) is 41.4 Å². The van der Waals surface area contributed by atoms with Crippen LogP contribution < -0.4 is 0 Å². The van der Waals surface area contributed by atoms with Crippen LogP contribution in [0.25, 0.3) is 0 Å². The molecule has 3 rings (SSSR count). The van der Waals surface area contributed by atoms with E-state index >= 15 is 0 Å². The lowest BCUT2D eigenvalue weighted by molar-refractivity contribution is -0.136. The Kier molecular flexibility index (Phi) is 8.57. The largest absolute Gasteiger partial charge is 0.394 e. The monoisotopic (exact) mass is 479 g/mol. The molecule has 1 aliphatic heterocycles. The van der Waals surface area contributed by atoms with Crippen LogP contribution >= 0.6 is 0 Å². The summed E-state index contributed by atoms with van der Waals surface area (Å²) in [6, 6.07) is 7.90. The molecule has 0 fully saturated rings. The summed E-state index contributed by atoms with van der Waals surface area (Å²) in [7, 11) is -2.18. The number of aliphatic hydroxyl groups excluding tert-OH is 1. The fraction of sp³-hybridized carbons (Fsp3) is 0.591. The van der Waals surface area contributed by atoms with Gasteiger partial charge in [0.25, 0.3) is 0 Å². The molecule has 1 aromatic heterocycles. The Hall–Kier alpha value is -2.34. The smallest absolute Gasteiger partial charge is 0.242 e. The SMILES string of the molecule is C[C@H](CO)N1C[C@H](C)[C@@H](CN(C)S(=O)(=O)c2ccccc2)OCc2cnnn2CCCC1=O. The fourth-order valence-corrected chi connectivity index (χ4v) is 5.07. The molecule has 1 N–H and O–H groups in total. The first-order chi connectivity index (χ1) is 15.7. The van der Waals surface area contributed by atoms with Crippen molar-refractivity contribution < 1.29 is 23.1 Å². The summed E-state index contributed by atoms with van der Waals surface area (Å²) in [4.78, 5) is 14.8. The second-order valence-corrected chi connectivity index (χ2v) is 10.6. The summed E-state index contributed by atoms with van der Waals surface area (Å²) >= 11 is 0. The van der Waals surface area contributed by atoms with E-state index in [2.05, 4.69) is 10.3 Å². The number of likely N-dealkylation sites (N-methyl/N-ethyl adjacent to an activating group) is 1. The minimum absolute atomic E-state index is 0.0605. The summed E-state index contributed by atoms with van der Waals surface area (Å²) in [6.45, 7) is 4.78. The fourth-order valence-electron chi connectivity index (χ4n) is 3.87. The van der Waals surface area contributed by atoms with Crippen molar-refractivity contribution in [3.63, 3.8) is 0 Å². The van der Waals surface area contributed by atoms with E-state index in [9.17, 15) is 18.3 Å². The predicted molar refractivity (Wildman–Crippen MR) is 122 cm³/mol. The third-order valence-electron chi connectivity index (χ3n) is 6.03. The second kappa shape index (κ2) is 11.2. The molecule has 0 unspecified atom stereocenters. The minimum Gasteiger partial charge on any atom is -0.394 e. The van der Waals surface area contributed by atoms with Crippen molar-refractivity contribution in [1.82, 2.24) is 24.2 Å². The van der Waals surface area contributed by atoms with Gasteiger partial charge in [0.1, 0.15) is 0 Å². The van der Waals surface area contributed by atoms with Gasteiger partial charge in [-0.2, -0.15) is 4.31 Å². The van der Waals surface area contributed by atoms with E-state index in [1.807, 2.05) is 6.92 Å². The van der Waals surface area contributed by atoms with Gasteiger partial charge in [0.15, 0.2) is 0 Å². The molecule has 182 valence electrons. The highest BCUT2D eigenvalue weighted by Crippen LogP contribution is 2.21. The van der Waals surface area contributed by atoms with Crippen molar-refractivity contribution in [3.8, 4) is 0 Å². The van der Waals surface area contributed by atoms with Crippen molar-refractivity contribution in [3.05, 3.63) is 42.2 Å². The Bertz CT molecular complexity index is 1010. The van der Waals surface area contributed by atoms with E-state index in [-0.39, 0.29) is 42.5 Å². The van der Waals surface area contributed by atoms with Crippen molar-refractivity contribution in [2.75, 3.05) is 26.7 Å². The zero-order valence-corrected chi connectivity index (χ0v) is 20.2. The lowest BCUT2D eigenvalue weighted by atomic mass is 10.0. The molecule has 0 bridgehead atoms. The lowest BCUT2D eigenvalue weighted by Crippen LogP contribution is -2.47. The van der Waals surface area contributed by atoms with Crippen molar-refractivity contribution >= 4 is 15.9 Å². The number of rotatable bonds is 6. The number of ether oxygens (including phenoxy) is 1. The quantitative estimate of drug-likeness (QED) is 0.660. The van der Waals surface area contributed by atoms with Gasteiger partial charge in [-0.15, -0.1) is 5.10 Å². The Balaban J connectivity index is 1.86. The van der Waals surface area contributed by atoms with Gasteiger partial charge in [-0.3, -0.25) is 4.79 Å². The molecule has 1 amide bonds. The normalized spacial score (nSPS) is 21.8. The number of aliphatic hydroxyl groups is 1. The standard InChI is InChI=1S/C22H33N5O5S/c1-17-13-26(18(2)15-28)22(29)10-7-11-27-19(12-23-24-27)16-32-21(17)14-25(3)33(30,31)20-8-5-4-6-9-20/h4-6,8-9,12,17-18,21,28H,7,10-11,13-16H2,1-3H3/t17-,18+,21+/m0/s1. The Morgan fingerprint density at radius 3 is 2.73 bits per heavy atom. The van der Waals surface area contributed by atoms with Crippen LogP contribution in [0.5, 0.6) is 0 Å². The molecule has 1 aliphatic rings. The number of hydrogen-bond acceptors (Lipinski definition) is 7. The number of fused-ring (bicyclic) bond motifs is 1. The maximum absolute atomic E-state index is 13.1. The number of sulfonamides is 1. The van der Waals surface area contributed by atoms with Crippen LogP contribution in [-0.4, -0.2) is 82.5 Å². The van der Waals surface area contributed by atoms with Crippen LogP contribution in [0.4, 0.5) is 0 Å². The third-order valence-corrected chi connectivity index (χ3v) is 7.87. The minimum atomic E-state index is -3.70. The Morgan fingerprint density at radius 2 is 2.03 bits per heavy atom. The number of nitrogens with zero attached hydrogens (tertiary/aromatic N) is 5. The molecule has 0 aliphatic carbocycles. The maximum Gasteiger partial charge on any atom is 0.242 e. The first kappa shape index (κ1) is 25.3. The van der Waals surface area contributed by atoms with Gasteiger partial charge in [-0.1, -0.05) is 30.3 Å². The van der Waals surface area contributed by atoms with E-state index in [1.54, 1.807) is 53.0 Å². The van der Waals surface area contributed by atoms with Gasteiger partial charge in [0.05, 0.1) is 42.1 Å². The number of carbonyl (C=O) groups excluding carboxylic acids is 1. The molecule has 1 aromatic carbocycles. The summed E-state index contributed by atoms with van der Waals surface area (Å²) < 4.78 is 35.3. The van der Waals surface area contributed by atoms with Gasteiger partial charge < -0.3 is 14.7 Å². The maximum atomic E-state index is 13.1. The number of carbonyl (C=O) groups is 1. The van der Waals surface area contributed by atoms with E-state index in [0.717, 1.165) is 5.69 Å². The van der Waals surface area contributed by atoms with Gasteiger partial charge >= 0.3 is 0 Å². The number of aryl methyl sites for hydroxylation is 1. The van der Waals surface area contributed by atoms with Gasteiger partial charge in [0, 0.05) is 39.0 Å². The molecule has 11 heteroatoms. The van der Waals surface area contributed by atoms with Crippen molar-refractivity contribution in [2.24, 2.45) is 5.92 Å². The van der Waals surface area contributed by atoms with Crippen LogP contribution in [0.3, 0.4) is 0 Å². The zero-order valence-electron chi connectivity index (χ0n) is 19.4. The van der Waals surface area contributed by atoms with Crippen LogP contribution in [0.2, 0.25) is 0 Å². The number of hydrogen-bond donors (Lipinski definition) is 1. The van der Waals surface area contributed by atoms with Gasteiger partial charge in [0.2, 0.25) is 15.9 Å². The second-order valence-electron chi connectivity index (χ2n) is 8.56. The molecule has 2 heterocycles. The molecule has 0 radical (unpaired) electrons. The Labute approximate surface area is 195 Å². The number of aromatic nitrogens is 3. The molecule has 0 saturated carbocycles.